The molecule has 0 aliphatic heterocycles. The van der Waals surface area contributed by atoms with Crippen LogP contribution in [0.5, 0.6) is 5.75 Å². The highest BCUT2D eigenvalue weighted by Gasteiger charge is 2.20. The van der Waals surface area contributed by atoms with Gasteiger partial charge in [0.25, 0.3) is 0 Å². The van der Waals surface area contributed by atoms with Crippen molar-refractivity contribution in [2.75, 3.05) is 7.11 Å². The van der Waals surface area contributed by atoms with E-state index in [4.69, 9.17) is 4.74 Å². The Morgan fingerprint density at radius 3 is 2.80 bits per heavy atom. The van der Waals surface area contributed by atoms with Gasteiger partial charge in [-0.05, 0) is 25.1 Å². The number of halogens is 1. The van der Waals surface area contributed by atoms with E-state index in [0.29, 0.717) is 10.2 Å². The normalized spacial score (nSPS) is 11.6. The molecule has 1 aromatic heterocycles. The quantitative estimate of drug-likeness (QED) is 0.854. The summed E-state index contributed by atoms with van der Waals surface area (Å²) in [5.74, 6) is 0.296. The molecular weight excluding hydrogens is 346 g/mol. The maximum atomic E-state index is 12.3. The molecule has 1 heterocycles. The molecule has 0 bridgehead atoms. The van der Waals surface area contributed by atoms with Crippen molar-refractivity contribution in [3.63, 3.8) is 0 Å². The number of nitrogens with one attached hydrogen (secondary N) is 2. The second-order valence-corrected chi connectivity index (χ2v) is 6.79. The molecule has 0 aliphatic rings. The van der Waals surface area contributed by atoms with Gasteiger partial charge in [0.05, 0.1) is 13.3 Å². The monoisotopic (exact) mass is 359 g/mol. The van der Waals surface area contributed by atoms with E-state index >= 15 is 0 Å². The standard InChI is InChI=1S/C12H14BrN3O3S/c1-8-9(6-14-16-8)7-15-20(17,18)12-5-10(13)3-4-11(12)19-2/h3-6,15H,7H2,1-2H3,(H,14,16). The van der Waals surface area contributed by atoms with Gasteiger partial charge in [-0.3, -0.25) is 5.10 Å². The number of hydrogen-bond acceptors (Lipinski definition) is 4. The lowest BCUT2D eigenvalue weighted by molar-refractivity contribution is 0.402. The van der Waals surface area contributed by atoms with E-state index in [9.17, 15) is 8.42 Å². The van der Waals surface area contributed by atoms with Gasteiger partial charge in [0.15, 0.2) is 0 Å². The number of sulfonamides is 1. The molecular formula is C12H14BrN3O3S. The van der Waals surface area contributed by atoms with Gasteiger partial charge in [-0.25, -0.2) is 13.1 Å². The molecule has 0 amide bonds. The molecule has 2 aromatic rings. The Hall–Kier alpha value is -1.38. The average molecular weight is 360 g/mol. The molecule has 2 N–H and O–H groups in total. The van der Waals surface area contributed by atoms with Gasteiger partial charge in [-0.2, -0.15) is 5.10 Å². The Morgan fingerprint density at radius 2 is 2.20 bits per heavy atom. The van der Waals surface area contributed by atoms with E-state index in [1.807, 2.05) is 6.92 Å². The summed E-state index contributed by atoms with van der Waals surface area (Å²) in [6.45, 7) is 2.00. The van der Waals surface area contributed by atoms with Crippen LogP contribution in [-0.2, 0) is 16.6 Å². The lowest BCUT2D eigenvalue weighted by Gasteiger charge is -2.11. The average Bonchev–Trinajstić information content (AvgIpc) is 2.82. The molecule has 0 atom stereocenters. The summed E-state index contributed by atoms with van der Waals surface area (Å²) in [5, 5.41) is 6.61. The van der Waals surface area contributed by atoms with E-state index in [0.717, 1.165) is 11.3 Å². The number of aromatic amines is 1. The third-order valence-electron chi connectivity index (χ3n) is 2.80. The van der Waals surface area contributed by atoms with E-state index < -0.39 is 10.0 Å². The van der Waals surface area contributed by atoms with Crippen LogP contribution in [-0.4, -0.2) is 25.7 Å². The molecule has 0 fully saturated rings. The number of nitrogens with zero attached hydrogens (tertiary/aromatic N) is 1. The van der Waals surface area contributed by atoms with Crippen LogP contribution in [0.15, 0.2) is 33.8 Å². The maximum Gasteiger partial charge on any atom is 0.244 e. The van der Waals surface area contributed by atoms with Crippen molar-refractivity contribution in [1.82, 2.24) is 14.9 Å². The lowest BCUT2D eigenvalue weighted by Crippen LogP contribution is -2.24. The first-order chi connectivity index (χ1) is 9.44. The van der Waals surface area contributed by atoms with Gasteiger partial charge in [0.2, 0.25) is 10.0 Å². The number of benzene rings is 1. The Kier molecular flexibility index (Phi) is 4.46. The third kappa shape index (κ3) is 3.20. The minimum Gasteiger partial charge on any atom is -0.495 e. The largest absolute Gasteiger partial charge is 0.495 e. The molecule has 0 aliphatic carbocycles. The van der Waals surface area contributed by atoms with Crippen LogP contribution in [0, 0.1) is 6.92 Å². The van der Waals surface area contributed by atoms with Crippen molar-refractivity contribution in [3.8, 4) is 5.75 Å². The second-order valence-electron chi connectivity index (χ2n) is 4.14. The predicted octanol–water partition coefficient (Wildman–Crippen LogP) is 1.97. The highest BCUT2D eigenvalue weighted by molar-refractivity contribution is 9.10. The van der Waals surface area contributed by atoms with Crippen molar-refractivity contribution in [2.45, 2.75) is 18.4 Å². The molecule has 108 valence electrons. The maximum absolute atomic E-state index is 12.3. The Bertz CT molecular complexity index is 712. The van der Waals surface area contributed by atoms with Crippen LogP contribution in [0.3, 0.4) is 0 Å². The summed E-state index contributed by atoms with van der Waals surface area (Å²) in [5.41, 5.74) is 1.62. The fourth-order valence-corrected chi connectivity index (χ4v) is 3.38. The number of H-pyrrole nitrogens is 1. The van der Waals surface area contributed by atoms with Crippen LogP contribution in [0.25, 0.3) is 0 Å². The van der Waals surface area contributed by atoms with Crippen molar-refractivity contribution in [3.05, 3.63) is 40.1 Å². The zero-order valence-corrected chi connectivity index (χ0v) is 13.4. The summed E-state index contributed by atoms with van der Waals surface area (Å²) in [6, 6.07) is 4.82. The molecule has 8 heteroatoms. The van der Waals surface area contributed by atoms with E-state index in [1.165, 1.54) is 13.2 Å². The molecule has 0 spiro atoms. The van der Waals surface area contributed by atoms with Crippen LogP contribution in [0.1, 0.15) is 11.3 Å². The summed E-state index contributed by atoms with van der Waals surface area (Å²) < 4.78 is 32.9. The Balaban J connectivity index is 2.26. The van der Waals surface area contributed by atoms with Crippen molar-refractivity contribution < 1.29 is 13.2 Å². The van der Waals surface area contributed by atoms with Crippen LogP contribution >= 0.6 is 15.9 Å². The molecule has 0 radical (unpaired) electrons. The SMILES string of the molecule is COc1ccc(Br)cc1S(=O)(=O)NCc1cn[nH]c1C. The zero-order chi connectivity index (χ0) is 14.8. The van der Waals surface area contributed by atoms with E-state index in [2.05, 4.69) is 30.8 Å². The number of aromatic nitrogens is 2. The zero-order valence-electron chi connectivity index (χ0n) is 11.0. The smallest absolute Gasteiger partial charge is 0.244 e. The van der Waals surface area contributed by atoms with Gasteiger partial charge < -0.3 is 4.74 Å². The van der Waals surface area contributed by atoms with Crippen LogP contribution in [0.2, 0.25) is 0 Å². The van der Waals surface area contributed by atoms with Crippen LogP contribution in [0.4, 0.5) is 0 Å². The molecule has 20 heavy (non-hydrogen) atoms. The first kappa shape index (κ1) is 15.0. The van der Waals surface area contributed by atoms with Gasteiger partial charge in [-0.15, -0.1) is 0 Å². The highest BCUT2D eigenvalue weighted by atomic mass is 79.9. The first-order valence-electron chi connectivity index (χ1n) is 5.76. The second kappa shape index (κ2) is 5.94. The molecule has 2 rings (SSSR count). The predicted molar refractivity (Wildman–Crippen MR) is 78.0 cm³/mol. The molecule has 6 nitrogen and oxygen atoms in total. The fraction of sp³-hybridized carbons (Fsp3) is 0.250. The minimum atomic E-state index is -3.67. The number of ether oxygens (including phenoxy) is 1. The van der Waals surface area contributed by atoms with E-state index in [1.54, 1.807) is 18.3 Å². The topological polar surface area (TPSA) is 84.1 Å². The van der Waals surface area contributed by atoms with E-state index in [-0.39, 0.29) is 11.4 Å². The number of hydrogen-bond donors (Lipinski definition) is 2. The number of aryl methyl sites for hydroxylation is 1. The minimum absolute atomic E-state index is 0.0931. The first-order valence-corrected chi connectivity index (χ1v) is 8.03. The molecule has 0 unspecified atom stereocenters. The van der Waals surface area contributed by atoms with Gasteiger partial charge in [0.1, 0.15) is 10.6 Å². The highest BCUT2D eigenvalue weighted by Crippen LogP contribution is 2.27. The summed E-state index contributed by atoms with van der Waals surface area (Å²) in [7, 11) is -2.23. The molecule has 0 saturated carbocycles. The number of methoxy groups -OCH3 is 1. The molecule has 1 aromatic carbocycles. The Labute approximate surface area is 125 Å². The van der Waals surface area contributed by atoms with Crippen molar-refractivity contribution in [1.29, 1.82) is 0 Å². The third-order valence-corrected chi connectivity index (χ3v) is 4.72. The summed E-state index contributed by atoms with van der Waals surface area (Å²) >= 11 is 3.26. The Morgan fingerprint density at radius 1 is 1.45 bits per heavy atom. The van der Waals surface area contributed by atoms with Gasteiger partial charge in [-0.1, -0.05) is 15.9 Å². The van der Waals surface area contributed by atoms with Gasteiger partial charge >= 0.3 is 0 Å². The van der Waals surface area contributed by atoms with Crippen molar-refractivity contribution in [2.24, 2.45) is 0 Å². The summed E-state index contributed by atoms with van der Waals surface area (Å²) in [4.78, 5) is 0.0931. The van der Waals surface area contributed by atoms with Gasteiger partial charge in [0, 0.05) is 22.3 Å². The molecule has 0 saturated heterocycles. The van der Waals surface area contributed by atoms with Crippen LogP contribution < -0.4 is 9.46 Å². The lowest BCUT2D eigenvalue weighted by atomic mass is 10.3. The number of rotatable bonds is 5. The fourth-order valence-electron chi connectivity index (χ4n) is 1.66. The van der Waals surface area contributed by atoms with Crippen molar-refractivity contribution >= 4 is 26.0 Å². The summed E-state index contributed by atoms with van der Waals surface area (Å²) in [6.07, 6.45) is 1.59.